The Morgan fingerprint density at radius 3 is 2.41 bits per heavy atom. The van der Waals surface area contributed by atoms with Crippen LogP contribution in [-0.4, -0.2) is 33.3 Å². The standard InChI is InChI=1S/C22H23NO4/c1-25-19-9-7-16-8-10-20(14-18(16)13-19)27-15-22(24)23-12-11-17-5-3-4-6-21(17)26-2/h3-10,13-14H,11-12,15H2,1-2H3,(H,23,24). The van der Waals surface area contributed by atoms with Crippen molar-refractivity contribution in [1.82, 2.24) is 5.32 Å². The van der Waals surface area contributed by atoms with E-state index in [1.54, 1.807) is 14.2 Å². The van der Waals surface area contributed by atoms with E-state index in [4.69, 9.17) is 14.2 Å². The van der Waals surface area contributed by atoms with Crippen LogP contribution < -0.4 is 19.5 Å². The van der Waals surface area contributed by atoms with Crippen LogP contribution in [0.1, 0.15) is 5.56 Å². The van der Waals surface area contributed by atoms with Crippen LogP contribution >= 0.6 is 0 Å². The third-order valence-corrected chi connectivity index (χ3v) is 4.30. The molecule has 0 fully saturated rings. The third kappa shape index (κ3) is 4.91. The maximum absolute atomic E-state index is 12.0. The molecule has 0 atom stereocenters. The highest BCUT2D eigenvalue weighted by Crippen LogP contribution is 2.25. The number of hydrogen-bond donors (Lipinski definition) is 1. The van der Waals surface area contributed by atoms with Gasteiger partial charge in [-0.1, -0.05) is 30.3 Å². The van der Waals surface area contributed by atoms with E-state index in [1.165, 1.54) is 0 Å². The van der Waals surface area contributed by atoms with Gasteiger partial charge in [0.15, 0.2) is 6.61 Å². The third-order valence-electron chi connectivity index (χ3n) is 4.30. The molecule has 0 aliphatic carbocycles. The Morgan fingerprint density at radius 2 is 1.63 bits per heavy atom. The number of carbonyl (C=O) groups excluding carboxylic acids is 1. The van der Waals surface area contributed by atoms with Crippen LogP contribution in [-0.2, 0) is 11.2 Å². The summed E-state index contributed by atoms with van der Waals surface area (Å²) in [4.78, 5) is 12.0. The summed E-state index contributed by atoms with van der Waals surface area (Å²) in [7, 11) is 3.28. The highest BCUT2D eigenvalue weighted by molar-refractivity contribution is 5.85. The summed E-state index contributed by atoms with van der Waals surface area (Å²) in [5.74, 6) is 2.11. The van der Waals surface area contributed by atoms with Crippen LogP contribution in [0.15, 0.2) is 60.7 Å². The first-order chi connectivity index (χ1) is 13.2. The predicted octanol–water partition coefficient (Wildman–Crippen LogP) is 3.59. The average molecular weight is 365 g/mol. The molecule has 0 spiro atoms. The molecule has 0 saturated heterocycles. The van der Waals surface area contributed by atoms with E-state index in [2.05, 4.69) is 5.32 Å². The number of methoxy groups -OCH3 is 2. The van der Waals surface area contributed by atoms with Gasteiger partial charge in [-0.25, -0.2) is 0 Å². The largest absolute Gasteiger partial charge is 0.497 e. The molecule has 5 nitrogen and oxygen atoms in total. The van der Waals surface area contributed by atoms with E-state index in [0.717, 1.165) is 27.8 Å². The summed E-state index contributed by atoms with van der Waals surface area (Å²) in [5, 5.41) is 4.96. The monoisotopic (exact) mass is 365 g/mol. The molecule has 0 aliphatic rings. The zero-order valence-corrected chi connectivity index (χ0v) is 15.5. The summed E-state index contributed by atoms with van der Waals surface area (Å²) in [6.45, 7) is 0.499. The molecule has 0 aromatic heterocycles. The van der Waals surface area contributed by atoms with Crippen molar-refractivity contribution in [2.24, 2.45) is 0 Å². The van der Waals surface area contributed by atoms with E-state index < -0.39 is 0 Å². The fourth-order valence-electron chi connectivity index (χ4n) is 2.87. The maximum atomic E-state index is 12.0. The normalized spacial score (nSPS) is 10.4. The minimum atomic E-state index is -0.157. The van der Waals surface area contributed by atoms with Crippen molar-refractivity contribution >= 4 is 16.7 Å². The van der Waals surface area contributed by atoms with Crippen LogP contribution in [0.5, 0.6) is 17.2 Å². The van der Waals surface area contributed by atoms with Crippen LogP contribution in [0.25, 0.3) is 10.8 Å². The van der Waals surface area contributed by atoms with E-state index in [1.807, 2.05) is 60.7 Å². The summed E-state index contributed by atoms with van der Waals surface area (Å²) in [5.41, 5.74) is 1.06. The van der Waals surface area contributed by atoms with Gasteiger partial charge in [-0.15, -0.1) is 0 Å². The first-order valence-corrected chi connectivity index (χ1v) is 8.79. The van der Waals surface area contributed by atoms with Gasteiger partial charge in [-0.3, -0.25) is 4.79 Å². The Labute approximate surface area is 158 Å². The quantitative estimate of drug-likeness (QED) is 0.663. The van der Waals surface area contributed by atoms with Gasteiger partial charge in [-0.2, -0.15) is 0 Å². The van der Waals surface area contributed by atoms with Crippen LogP contribution in [0.4, 0.5) is 0 Å². The SMILES string of the molecule is COc1ccc2ccc(OCC(=O)NCCc3ccccc3OC)cc2c1. The number of amides is 1. The molecule has 1 amide bonds. The molecule has 3 aromatic carbocycles. The molecule has 0 radical (unpaired) electrons. The summed E-state index contributed by atoms with van der Waals surface area (Å²) < 4.78 is 16.2. The van der Waals surface area contributed by atoms with Crippen LogP contribution in [0, 0.1) is 0 Å². The zero-order valence-electron chi connectivity index (χ0n) is 15.5. The molecule has 5 heteroatoms. The number of hydrogen-bond acceptors (Lipinski definition) is 4. The second-order valence-corrected chi connectivity index (χ2v) is 6.08. The van der Waals surface area contributed by atoms with Crippen molar-refractivity contribution in [2.45, 2.75) is 6.42 Å². The fraction of sp³-hybridized carbons (Fsp3) is 0.227. The molecular formula is C22H23NO4. The van der Waals surface area contributed by atoms with Gasteiger partial charge in [0.2, 0.25) is 0 Å². The summed E-state index contributed by atoms with van der Waals surface area (Å²) in [6.07, 6.45) is 0.700. The van der Waals surface area contributed by atoms with E-state index >= 15 is 0 Å². The number of fused-ring (bicyclic) bond motifs is 1. The van der Waals surface area contributed by atoms with Crippen molar-refractivity contribution in [3.05, 3.63) is 66.2 Å². The van der Waals surface area contributed by atoms with Crippen molar-refractivity contribution in [2.75, 3.05) is 27.4 Å². The lowest BCUT2D eigenvalue weighted by molar-refractivity contribution is -0.123. The average Bonchev–Trinajstić information content (AvgIpc) is 2.72. The van der Waals surface area contributed by atoms with Crippen LogP contribution in [0.2, 0.25) is 0 Å². The smallest absolute Gasteiger partial charge is 0.257 e. The minimum Gasteiger partial charge on any atom is -0.497 e. The molecule has 3 aromatic rings. The molecule has 0 heterocycles. The lowest BCUT2D eigenvalue weighted by atomic mass is 10.1. The maximum Gasteiger partial charge on any atom is 0.257 e. The van der Waals surface area contributed by atoms with Crippen molar-refractivity contribution in [3.63, 3.8) is 0 Å². The van der Waals surface area contributed by atoms with Gasteiger partial charge >= 0.3 is 0 Å². The number of carbonyl (C=O) groups is 1. The molecular weight excluding hydrogens is 342 g/mol. The number of nitrogens with one attached hydrogen (secondary N) is 1. The Kier molecular flexibility index (Phi) is 6.15. The predicted molar refractivity (Wildman–Crippen MR) is 106 cm³/mol. The van der Waals surface area contributed by atoms with Gasteiger partial charge in [0.25, 0.3) is 5.91 Å². The molecule has 0 aliphatic heterocycles. The first kappa shape index (κ1) is 18.6. The highest BCUT2D eigenvalue weighted by atomic mass is 16.5. The summed E-state index contributed by atoms with van der Waals surface area (Å²) >= 11 is 0. The molecule has 0 saturated carbocycles. The first-order valence-electron chi connectivity index (χ1n) is 8.79. The Hall–Kier alpha value is -3.21. The molecule has 140 valence electrons. The Morgan fingerprint density at radius 1 is 0.889 bits per heavy atom. The highest BCUT2D eigenvalue weighted by Gasteiger charge is 2.06. The molecule has 27 heavy (non-hydrogen) atoms. The fourth-order valence-corrected chi connectivity index (χ4v) is 2.87. The Bertz CT molecular complexity index is 923. The second-order valence-electron chi connectivity index (χ2n) is 6.08. The van der Waals surface area contributed by atoms with Crippen molar-refractivity contribution < 1.29 is 19.0 Å². The van der Waals surface area contributed by atoms with Gasteiger partial charge in [0.05, 0.1) is 14.2 Å². The molecule has 3 rings (SSSR count). The van der Waals surface area contributed by atoms with Crippen molar-refractivity contribution in [1.29, 1.82) is 0 Å². The van der Waals surface area contributed by atoms with E-state index in [-0.39, 0.29) is 12.5 Å². The number of para-hydroxylation sites is 1. The van der Waals surface area contributed by atoms with Gasteiger partial charge in [0.1, 0.15) is 17.2 Å². The zero-order chi connectivity index (χ0) is 19.1. The second kappa shape index (κ2) is 8.94. The molecule has 0 bridgehead atoms. The number of benzene rings is 3. The number of rotatable bonds is 8. The van der Waals surface area contributed by atoms with Gasteiger partial charge in [0, 0.05) is 6.54 Å². The number of ether oxygens (including phenoxy) is 3. The van der Waals surface area contributed by atoms with Gasteiger partial charge < -0.3 is 19.5 Å². The van der Waals surface area contributed by atoms with E-state index in [0.29, 0.717) is 18.7 Å². The molecule has 0 unspecified atom stereocenters. The summed E-state index contributed by atoms with van der Waals surface area (Å²) in [6, 6.07) is 19.3. The topological polar surface area (TPSA) is 56.8 Å². The lowest BCUT2D eigenvalue weighted by Crippen LogP contribution is -2.30. The van der Waals surface area contributed by atoms with Gasteiger partial charge in [-0.05, 0) is 53.1 Å². The lowest BCUT2D eigenvalue weighted by Gasteiger charge is -2.10. The molecule has 1 N–H and O–H groups in total. The van der Waals surface area contributed by atoms with Crippen LogP contribution in [0.3, 0.4) is 0 Å². The van der Waals surface area contributed by atoms with E-state index in [9.17, 15) is 4.79 Å². The minimum absolute atomic E-state index is 0.0264. The van der Waals surface area contributed by atoms with Crippen molar-refractivity contribution in [3.8, 4) is 17.2 Å². The Balaban J connectivity index is 1.50.